The zero-order chi connectivity index (χ0) is 15.9. The van der Waals surface area contributed by atoms with Gasteiger partial charge in [0.1, 0.15) is 5.75 Å². The highest BCUT2D eigenvalue weighted by Crippen LogP contribution is 2.18. The van der Waals surface area contributed by atoms with E-state index in [4.69, 9.17) is 4.74 Å². The lowest BCUT2D eigenvalue weighted by molar-refractivity contribution is -0.139. The Kier molecular flexibility index (Phi) is 5.77. The predicted octanol–water partition coefficient (Wildman–Crippen LogP) is 0.128. The Labute approximate surface area is 131 Å². The van der Waals surface area contributed by atoms with E-state index in [0.29, 0.717) is 18.8 Å². The number of piperazine rings is 1. The van der Waals surface area contributed by atoms with E-state index < -0.39 is 0 Å². The molecule has 120 valence electrons. The highest BCUT2D eigenvalue weighted by molar-refractivity contribution is 5.86. The normalized spacial score (nSPS) is 14.5. The van der Waals surface area contributed by atoms with E-state index in [9.17, 15) is 9.59 Å². The Balaban J connectivity index is 1.90. The molecule has 0 aliphatic carbocycles. The summed E-state index contributed by atoms with van der Waals surface area (Å²) in [6, 6.07) is 7.43. The molecule has 22 heavy (non-hydrogen) atoms. The number of carbonyl (C=O) groups excluding carboxylic acids is 2. The van der Waals surface area contributed by atoms with Crippen molar-refractivity contribution in [1.82, 2.24) is 15.1 Å². The van der Waals surface area contributed by atoms with E-state index in [-0.39, 0.29) is 24.8 Å². The quantitative estimate of drug-likeness (QED) is 0.840. The van der Waals surface area contributed by atoms with Crippen molar-refractivity contribution < 1.29 is 14.3 Å². The van der Waals surface area contributed by atoms with Gasteiger partial charge in [-0.05, 0) is 6.07 Å². The summed E-state index contributed by atoms with van der Waals surface area (Å²) >= 11 is 0. The summed E-state index contributed by atoms with van der Waals surface area (Å²) in [5.41, 5.74) is 0.830. The molecule has 1 fully saturated rings. The van der Waals surface area contributed by atoms with Crippen molar-refractivity contribution in [2.45, 2.75) is 6.42 Å². The third kappa shape index (κ3) is 4.21. The Morgan fingerprint density at radius 1 is 1.27 bits per heavy atom. The summed E-state index contributed by atoms with van der Waals surface area (Å²) in [5.74, 6) is 0.600. The molecule has 0 saturated carbocycles. The number of amides is 2. The Hall–Kier alpha value is -2.08. The Morgan fingerprint density at radius 2 is 1.95 bits per heavy atom. The highest BCUT2D eigenvalue weighted by Gasteiger charge is 2.20. The second-order valence-corrected chi connectivity index (χ2v) is 5.37. The monoisotopic (exact) mass is 305 g/mol. The van der Waals surface area contributed by atoms with Gasteiger partial charge in [0.2, 0.25) is 11.8 Å². The van der Waals surface area contributed by atoms with Gasteiger partial charge in [0, 0.05) is 38.8 Å². The first-order chi connectivity index (χ1) is 10.6. The molecule has 1 aromatic rings. The molecule has 2 rings (SSSR count). The average molecular weight is 305 g/mol. The topological polar surface area (TPSA) is 61.9 Å². The van der Waals surface area contributed by atoms with Crippen LogP contribution < -0.4 is 10.1 Å². The maximum atomic E-state index is 12.3. The van der Waals surface area contributed by atoms with Crippen molar-refractivity contribution in [2.24, 2.45) is 0 Å². The van der Waals surface area contributed by atoms with Gasteiger partial charge in [0.05, 0.1) is 20.1 Å². The van der Waals surface area contributed by atoms with Gasteiger partial charge in [-0.2, -0.15) is 0 Å². The van der Waals surface area contributed by atoms with Crippen LogP contribution in [0.2, 0.25) is 0 Å². The summed E-state index contributed by atoms with van der Waals surface area (Å²) in [7, 11) is 3.25. The number of hydrogen-bond acceptors (Lipinski definition) is 4. The molecule has 0 radical (unpaired) electrons. The van der Waals surface area contributed by atoms with Crippen LogP contribution in [-0.4, -0.2) is 68.5 Å². The molecule has 1 aliphatic rings. The van der Waals surface area contributed by atoms with Gasteiger partial charge in [-0.3, -0.25) is 9.59 Å². The van der Waals surface area contributed by atoms with Crippen LogP contribution in [-0.2, 0) is 16.0 Å². The van der Waals surface area contributed by atoms with E-state index in [1.54, 1.807) is 19.1 Å². The fourth-order valence-corrected chi connectivity index (χ4v) is 2.45. The van der Waals surface area contributed by atoms with E-state index >= 15 is 0 Å². The number of para-hydroxylation sites is 1. The summed E-state index contributed by atoms with van der Waals surface area (Å²) in [6.07, 6.45) is 0.231. The van der Waals surface area contributed by atoms with Gasteiger partial charge in [-0.25, -0.2) is 0 Å². The lowest BCUT2D eigenvalue weighted by atomic mass is 10.1. The molecule has 0 bridgehead atoms. The zero-order valence-electron chi connectivity index (χ0n) is 13.2. The zero-order valence-corrected chi connectivity index (χ0v) is 13.2. The minimum absolute atomic E-state index is 0.00243. The molecule has 1 heterocycles. The molecule has 1 N–H and O–H groups in total. The van der Waals surface area contributed by atoms with Gasteiger partial charge in [-0.15, -0.1) is 0 Å². The molecule has 0 unspecified atom stereocenters. The number of methoxy groups -OCH3 is 1. The van der Waals surface area contributed by atoms with E-state index in [1.165, 1.54) is 4.90 Å². The second kappa shape index (κ2) is 7.79. The summed E-state index contributed by atoms with van der Waals surface area (Å²) < 4.78 is 5.25. The number of nitrogens with one attached hydrogen (secondary N) is 1. The molecular weight excluding hydrogens is 282 g/mol. The first kappa shape index (κ1) is 16.3. The van der Waals surface area contributed by atoms with Gasteiger partial charge in [0.25, 0.3) is 0 Å². The van der Waals surface area contributed by atoms with E-state index in [1.807, 2.05) is 24.3 Å². The van der Waals surface area contributed by atoms with Crippen LogP contribution in [0.3, 0.4) is 0 Å². The fraction of sp³-hybridized carbons (Fsp3) is 0.500. The number of nitrogens with zero attached hydrogens (tertiary/aromatic N) is 2. The molecule has 1 saturated heterocycles. The molecule has 1 aromatic carbocycles. The number of benzene rings is 1. The minimum Gasteiger partial charge on any atom is -0.496 e. The van der Waals surface area contributed by atoms with Gasteiger partial charge in [-0.1, -0.05) is 18.2 Å². The Bertz CT molecular complexity index is 527. The molecule has 6 nitrogen and oxygen atoms in total. The molecule has 0 atom stereocenters. The number of hydrogen-bond donors (Lipinski definition) is 1. The van der Waals surface area contributed by atoms with Crippen LogP contribution in [0, 0.1) is 0 Å². The third-order valence-corrected chi connectivity index (χ3v) is 3.80. The largest absolute Gasteiger partial charge is 0.496 e. The van der Waals surface area contributed by atoms with Crippen molar-refractivity contribution in [3.8, 4) is 5.75 Å². The van der Waals surface area contributed by atoms with Crippen LogP contribution in [0.25, 0.3) is 0 Å². The maximum Gasteiger partial charge on any atom is 0.242 e. The van der Waals surface area contributed by atoms with Crippen molar-refractivity contribution in [3.05, 3.63) is 29.8 Å². The van der Waals surface area contributed by atoms with Crippen LogP contribution in [0.4, 0.5) is 0 Å². The smallest absolute Gasteiger partial charge is 0.242 e. The number of ether oxygens (including phenoxy) is 1. The molecular formula is C16H23N3O3. The van der Waals surface area contributed by atoms with Crippen LogP contribution >= 0.6 is 0 Å². The highest BCUT2D eigenvalue weighted by atomic mass is 16.5. The standard InChI is InChI=1S/C16H23N3O3/c1-18(12-16(21)19-9-7-17-8-10-19)15(20)11-13-5-3-4-6-14(13)22-2/h3-6,17H,7-12H2,1-2H3. The molecule has 1 aliphatic heterocycles. The van der Waals surface area contributed by atoms with Crippen molar-refractivity contribution in [1.29, 1.82) is 0 Å². The van der Waals surface area contributed by atoms with Crippen LogP contribution in [0.1, 0.15) is 5.56 Å². The molecule has 0 aromatic heterocycles. The third-order valence-electron chi connectivity index (χ3n) is 3.80. The molecule has 0 spiro atoms. The van der Waals surface area contributed by atoms with Crippen molar-refractivity contribution in [2.75, 3.05) is 46.9 Å². The van der Waals surface area contributed by atoms with Gasteiger partial charge >= 0.3 is 0 Å². The first-order valence-corrected chi connectivity index (χ1v) is 7.46. The Morgan fingerprint density at radius 3 is 2.64 bits per heavy atom. The van der Waals surface area contributed by atoms with Crippen LogP contribution in [0.15, 0.2) is 24.3 Å². The van der Waals surface area contributed by atoms with Gasteiger partial charge < -0.3 is 19.9 Å². The van der Waals surface area contributed by atoms with E-state index in [0.717, 1.165) is 18.7 Å². The number of rotatable bonds is 5. The molecule has 2 amide bonds. The summed E-state index contributed by atoms with van der Waals surface area (Å²) in [6.45, 7) is 3.14. The van der Waals surface area contributed by atoms with Crippen molar-refractivity contribution >= 4 is 11.8 Å². The number of likely N-dealkylation sites (N-methyl/N-ethyl adjacent to an activating group) is 1. The van der Waals surface area contributed by atoms with Gasteiger partial charge in [0.15, 0.2) is 0 Å². The molecule has 6 heteroatoms. The second-order valence-electron chi connectivity index (χ2n) is 5.37. The maximum absolute atomic E-state index is 12.3. The summed E-state index contributed by atoms with van der Waals surface area (Å²) in [5, 5.41) is 3.20. The lowest BCUT2D eigenvalue weighted by Crippen LogP contribution is -2.49. The fourth-order valence-electron chi connectivity index (χ4n) is 2.45. The average Bonchev–Trinajstić information content (AvgIpc) is 2.56. The summed E-state index contributed by atoms with van der Waals surface area (Å²) in [4.78, 5) is 27.7. The van der Waals surface area contributed by atoms with E-state index in [2.05, 4.69) is 5.32 Å². The first-order valence-electron chi connectivity index (χ1n) is 7.46. The SMILES string of the molecule is COc1ccccc1CC(=O)N(C)CC(=O)N1CCNCC1. The lowest BCUT2D eigenvalue weighted by Gasteiger charge is -2.29. The van der Waals surface area contributed by atoms with Crippen molar-refractivity contribution in [3.63, 3.8) is 0 Å². The number of carbonyl (C=O) groups is 2. The predicted molar refractivity (Wildman–Crippen MR) is 83.8 cm³/mol. The minimum atomic E-state index is -0.0898. The van der Waals surface area contributed by atoms with Crippen LogP contribution in [0.5, 0.6) is 5.75 Å².